The Bertz CT molecular complexity index is 1000. The second kappa shape index (κ2) is 10.5. The van der Waals surface area contributed by atoms with Crippen molar-refractivity contribution >= 4 is 29.3 Å². The van der Waals surface area contributed by atoms with Gasteiger partial charge in [0.25, 0.3) is 5.91 Å². The Morgan fingerprint density at radius 1 is 0.900 bits per heavy atom. The first-order valence-electron chi connectivity index (χ1n) is 9.48. The van der Waals surface area contributed by atoms with Gasteiger partial charge < -0.3 is 14.8 Å². The van der Waals surface area contributed by atoms with Crippen LogP contribution in [0.3, 0.4) is 0 Å². The smallest absolute Gasteiger partial charge is 0.344 e. The van der Waals surface area contributed by atoms with Crippen LogP contribution in [-0.2, 0) is 14.3 Å². The van der Waals surface area contributed by atoms with E-state index in [9.17, 15) is 9.59 Å². The molecule has 3 rings (SSSR count). The van der Waals surface area contributed by atoms with Crippen LogP contribution in [0.2, 0.25) is 0 Å². The first-order valence-corrected chi connectivity index (χ1v) is 10.3. The average Bonchev–Trinajstić information content (AvgIpc) is 2.75. The van der Waals surface area contributed by atoms with Crippen molar-refractivity contribution in [2.45, 2.75) is 23.6 Å². The fraction of sp³-hybridized carbons (Fsp3) is 0.167. The predicted octanol–water partition coefficient (Wildman–Crippen LogP) is 5.02. The fourth-order valence-corrected chi connectivity index (χ4v) is 3.59. The first-order chi connectivity index (χ1) is 14.5. The minimum absolute atomic E-state index is 0.248. The molecule has 3 aromatic rings. The number of esters is 1. The molecule has 1 N–H and O–H groups in total. The zero-order valence-electron chi connectivity index (χ0n) is 16.9. The van der Waals surface area contributed by atoms with Gasteiger partial charge >= 0.3 is 5.97 Å². The van der Waals surface area contributed by atoms with Crippen LogP contribution < -0.4 is 10.1 Å². The molecule has 0 aliphatic rings. The quantitative estimate of drug-likeness (QED) is 0.518. The monoisotopic (exact) mass is 421 g/mol. The maximum atomic E-state index is 12.0. The molecular formula is C24H23NO4S. The summed E-state index contributed by atoms with van der Waals surface area (Å²) in [6, 6.07) is 22.8. The summed E-state index contributed by atoms with van der Waals surface area (Å²) >= 11 is 1.68. The molecule has 0 radical (unpaired) electrons. The minimum atomic E-state index is -0.603. The van der Waals surface area contributed by atoms with Gasteiger partial charge in [-0.15, -0.1) is 0 Å². The molecule has 5 nitrogen and oxygen atoms in total. The van der Waals surface area contributed by atoms with Crippen LogP contribution in [0, 0.1) is 13.8 Å². The van der Waals surface area contributed by atoms with Crippen molar-refractivity contribution in [3.63, 3.8) is 0 Å². The molecule has 0 bridgehead atoms. The van der Waals surface area contributed by atoms with Gasteiger partial charge in [-0.05, 0) is 67.4 Å². The zero-order chi connectivity index (χ0) is 21.3. The first kappa shape index (κ1) is 21.5. The second-order valence-electron chi connectivity index (χ2n) is 6.71. The van der Waals surface area contributed by atoms with Crippen LogP contribution in [0.25, 0.3) is 0 Å². The number of carbonyl (C=O) groups is 2. The van der Waals surface area contributed by atoms with Crippen LogP contribution in [0.15, 0.2) is 82.6 Å². The summed E-state index contributed by atoms with van der Waals surface area (Å²) in [6.45, 7) is 3.54. The molecule has 0 atom stereocenters. The summed E-state index contributed by atoms with van der Waals surface area (Å²) < 4.78 is 10.2. The summed E-state index contributed by atoms with van der Waals surface area (Å²) in [4.78, 5) is 26.0. The van der Waals surface area contributed by atoms with E-state index in [0.29, 0.717) is 11.4 Å². The van der Waals surface area contributed by atoms with E-state index < -0.39 is 11.9 Å². The number of benzene rings is 3. The molecule has 3 aromatic carbocycles. The summed E-state index contributed by atoms with van der Waals surface area (Å²) in [5.74, 6) is -0.440. The van der Waals surface area contributed by atoms with Crippen molar-refractivity contribution in [3.8, 4) is 5.75 Å². The third kappa shape index (κ3) is 6.67. The number of nitrogens with one attached hydrogen (secondary N) is 1. The predicted molar refractivity (Wildman–Crippen MR) is 118 cm³/mol. The summed E-state index contributed by atoms with van der Waals surface area (Å²) in [6.07, 6.45) is 0. The number of ether oxygens (including phenoxy) is 2. The minimum Gasteiger partial charge on any atom is -0.482 e. The molecule has 0 aliphatic heterocycles. The SMILES string of the molecule is Cc1ccc(C)c(Sc2ccc(NC(=O)COC(=O)COc3ccccc3)cc2)c1. The third-order valence-electron chi connectivity index (χ3n) is 4.17. The maximum absolute atomic E-state index is 12.0. The van der Waals surface area contributed by atoms with Gasteiger partial charge in [-0.2, -0.15) is 0 Å². The molecule has 1 amide bonds. The van der Waals surface area contributed by atoms with Crippen LogP contribution >= 0.6 is 11.8 Å². The molecule has 0 heterocycles. The van der Waals surface area contributed by atoms with E-state index in [0.717, 1.165) is 4.90 Å². The van der Waals surface area contributed by atoms with E-state index in [1.54, 1.807) is 36.0 Å². The lowest BCUT2D eigenvalue weighted by molar-refractivity contribution is -0.149. The van der Waals surface area contributed by atoms with Crippen molar-refractivity contribution in [1.82, 2.24) is 0 Å². The summed E-state index contributed by atoms with van der Waals surface area (Å²) in [5, 5.41) is 2.72. The highest BCUT2D eigenvalue weighted by atomic mass is 32.2. The molecule has 0 saturated carbocycles. The van der Waals surface area contributed by atoms with Crippen LogP contribution in [0.1, 0.15) is 11.1 Å². The van der Waals surface area contributed by atoms with Crippen molar-refractivity contribution < 1.29 is 19.1 Å². The van der Waals surface area contributed by atoms with Gasteiger partial charge in [-0.3, -0.25) is 4.79 Å². The Hall–Kier alpha value is -3.25. The second-order valence-corrected chi connectivity index (χ2v) is 7.82. The van der Waals surface area contributed by atoms with E-state index in [-0.39, 0.29) is 13.2 Å². The normalized spacial score (nSPS) is 10.3. The fourth-order valence-electron chi connectivity index (χ4n) is 2.59. The highest BCUT2D eigenvalue weighted by Crippen LogP contribution is 2.31. The third-order valence-corrected chi connectivity index (χ3v) is 5.34. The van der Waals surface area contributed by atoms with Crippen LogP contribution in [0.5, 0.6) is 5.75 Å². The highest BCUT2D eigenvalue weighted by Gasteiger charge is 2.09. The Kier molecular flexibility index (Phi) is 7.51. The number of anilines is 1. The number of para-hydroxylation sites is 1. The molecule has 0 spiro atoms. The topological polar surface area (TPSA) is 64.6 Å². The Labute approximate surface area is 180 Å². The van der Waals surface area contributed by atoms with Gasteiger partial charge in [0.1, 0.15) is 5.75 Å². The van der Waals surface area contributed by atoms with E-state index in [1.807, 2.05) is 30.3 Å². The van der Waals surface area contributed by atoms with Gasteiger partial charge in [0.05, 0.1) is 0 Å². The lowest BCUT2D eigenvalue weighted by Crippen LogP contribution is -2.23. The average molecular weight is 422 g/mol. The van der Waals surface area contributed by atoms with Gasteiger partial charge in [-0.25, -0.2) is 4.79 Å². The van der Waals surface area contributed by atoms with E-state index in [1.165, 1.54) is 16.0 Å². The molecule has 0 aromatic heterocycles. The lowest BCUT2D eigenvalue weighted by Gasteiger charge is -2.09. The van der Waals surface area contributed by atoms with Gasteiger partial charge in [0.2, 0.25) is 0 Å². The highest BCUT2D eigenvalue weighted by molar-refractivity contribution is 7.99. The maximum Gasteiger partial charge on any atom is 0.344 e. The van der Waals surface area contributed by atoms with Crippen molar-refractivity contribution in [1.29, 1.82) is 0 Å². The standard InChI is InChI=1S/C24H23NO4S/c1-17-8-9-18(2)22(14-17)30-21-12-10-19(11-13-21)25-23(26)15-29-24(27)16-28-20-6-4-3-5-7-20/h3-14H,15-16H2,1-2H3,(H,25,26). The number of amides is 1. The number of hydrogen-bond donors (Lipinski definition) is 1. The Morgan fingerprint density at radius 2 is 1.63 bits per heavy atom. The van der Waals surface area contributed by atoms with Gasteiger partial charge in [0.15, 0.2) is 13.2 Å². The summed E-state index contributed by atoms with van der Waals surface area (Å²) in [7, 11) is 0. The van der Waals surface area contributed by atoms with Crippen LogP contribution in [-0.4, -0.2) is 25.1 Å². The van der Waals surface area contributed by atoms with Crippen molar-refractivity contribution in [2.24, 2.45) is 0 Å². The Balaban J connectivity index is 1.44. The van der Waals surface area contributed by atoms with Crippen molar-refractivity contribution in [3.05, 3.63) is 83.9 Å². The molecule has 0 fully saturated rings. The van der Waals surface area contributed by atoms with Crippen LogP contribution in [0.4, 0.5) is 5.69 Å². The zero-order valence-corrected chi connectivity index (χ0v) is 17.7. The molecule has 0 aliphatic carbocycles. The lowest BCUT2D eigenvalue weighted by atomic mass is 10.2. The van der Waals surface area contributed by atoms with E-state index in [4.69, 9.17) is 9.47 Å². The molecule has 0 saturated heterocycles. The largest absolute Gasteiger partial charge is 0.482 e. The molecule has 30 heavy (non-hydrogen) atoms. The number of aryl methyl sites for hydroxylation is 2. The number of rotatable bonds is 8. The Morgan fingerprint density at radius 3 is 2.37 bits per heavy atom. The van der Waals surface area contributed by atoms with Crippen molar-refractivity contribution in [2.75, 3.05) is 18.5 Å². The molecular weight excluding hydrogens is 398 g/mol. The molecule has 6 heteroatoms. The van der Waals surface area contributed by atoms with E-state index >= 15 is 0 Å². The number of hydrogen-bond acceptors (Lipinski definition) is 5. The van der Waals surface area contributed by atoms with Gasteiger partial charge in [-0.1, -0.05) is 42.1 Å². The number of carbonyl (C=O) groups excluding carboxylic acids is 2. The molecule has 0 unspecified atom stereocenters. The van der Waals surface area contributed by atoms with Gasteiger partial charge in [0, 0.05) is 15.5 Å². The van der Waals surface area contributed by atoms with E-state index in [2.05, 4.69) is 37.4 Å². The molecule has 154 valence electrons. The summed E-state index contributed by atoms with van der Waals surface area (Å²) in [5.41, 5.74) is 3.08.